The average molecular weight is 342 g/mol. The molecule has 0 fully saturated rings. The number of ether oxygens (including phenoxy) is 1. The molecule has 0 aliphatic heterocycles. The molecule has 1 unspecified atom stereocenters. The van der Waals surface area contributed by atoms with Crippen molar-refractivity contribution in [2.45, 2.75) is 19.4 Å². The van der Waals surface area contributed by atoms with Gasteiger partial charge in [0.05, 0.1) is 22.6 Å². The molecule has 6 heteroatoms. The van der Waals surface area contributed by atoms with E-state index in [4.69, 9.17) is 10.6 Å². The number of hydrogen-bond donors (Lipinski definition) is 2. The third-order valence-corrected chi connectivity index (χ3v) is 4.49. The molecule has 4 nitrogen and oxygen atoms in total. The standard InChI is InChI=1S/C13H16BrN3OS/c1-8-16-7-13(19-8)11(17-15)6-9-3-4-12(18-2)10(14)5-9/h3-5,7,11,17H,6,15H2,1-2H3. The minimum absolute atomic E-state index is 0.0755. The average Bonchev–Trinajstić information content (AvgIpc) is 2.82. The first-order chi connectivity index (χ1) is 9.13. The lowest BCUT2D eigenvalue weighted by molar-refractivity contribution is 0.412. The van der Waals surface area contributed by atoms with Crippen LogP contribution in [0.2, 0.25) is 0 Å². The van der Waals surface area contributed by atoms with Crippen LogP contribution in [0.1, 0.15) is 21.5 Å². The second-order valence-corrected chi connectivity index (χ2v) is 6.29. The van der Waals surface area contributed by atoms with E-state index in [1.165, 1.54) is 5.56 Å². The first-order valence-electron chi connectivity index (χ1n) is 5.85. The highest BCUT2D eigenvalue weighted by Crippen LogP contribution is 2.28. The molecule has 0 radical (unpaired) electrons. The van der Waals surface area contributed by atoms with E-state index < -0.39 is 0 Å². The van der Waals surface area contributed by atoms with Crippen molar-refractivity contribution in [1.82, 2.24) is 10.4 Å². The highest BCUT2D eigenvalue weighted by molar-refractivity contribution is 9.10. The van der Waals surface area contributed by atoms with Crippen LogP contribution in [0.25, 0.3) is 0 Å². The summed E-state index contributed by atoms with van der Waals surface area (Å²) in [4.78, 5) is 5.41. The Morgan fingerprint density at radius 2 is 2.32 bits per heavy atom. The zero-order chi connectivity index (χ0) is 13.8. The number of aromatic nitrogens is 1. The number of benzene rings is 1. The van der Waals surface area contributed by atoms with Gasteiger partial charge in [0.2, 0.25) is 0 Å². The summed E-state index contributed by atoms with van der Waals surface area (Å²) in [5.41, 5.74) is 4.03. The zero-order valence-corrected chi connectivity index (χ0v) is 13.2. The van der Waals surface area contributed by atoms with Gasteiger partial charge in [-0.05, 0) is 47.0 Å². The van der Waals surface area contributed by atoms with Crippen molar-refractivity contribution in [3.63, 3.8) is 0 Å². The Balaban J connectivity index is 2.16. The van der Waals surface area contributed by atoms with Crippen LogP contribution >= 0.6 is 27.3 Å². The number of nitrogens with one attached hydrogen (secondary N) is 1. The van der Waals surface area contributed by atoms with Gasteiger partial charge < -0.3 is 4.74 Å². The third kappa shape index (κ3) is 3.54. The Morgan fingerprint density at radius 1 is 1.53 bits per heavy atom. The van der Waals surface area contributed by atoms with Gasteiger partial charge in [0.25, 0.3) is 0 Å². The van der Waals surface area contributed by atoms with Crippen LogP contribution in [0.5, 0.6) is 5.75 Å². The van der Waals surface area contributed by atoms with E-state index in [1.807, 2.05) is 25.3 Å². The SMILES string of the molecule is COc1ccc(CC(NN)c2cnc(C)s2)cc1Br. The molecule has 2 rings (SSSR count). The molecule has 0 aliphatic rings. The van der Waals surface area contributed by atoms with Crippen LogP contribution in [-0.4, -0.2) is 12.1 Å². The fourth-order valence-electron chi connectivity index (χ4n) is 1.85. The lowest BCUT2D eigenvalue weighted by Gasteiger charge is -2.14. The number of nitrogens with two attached hydrogens (primary N) is 1. The van der Waals surface area contributed by atoms with E-state index in [-0.39, 0.29) is 6.04 Å². The molecule has 0 amide bonds. The smallest absolute Gasteiger partial charge is 0.133 e. The number of hydrazine groups is 1. The van der Waals surface area contributed by atoms with E-state index in [1.54, 1.807) is 18.4 Å². The number of nitrogens with zero attached hydrogens (tertiary/aromatic N) is 1. The second kappa shape index (κ2) is 6.47. The molecule has 0 aliphatic carbocycles. The quantitative estimate of drug-likeness (QED) is 0.648. The van der Waals surface area contributed by atoms with Crippen molar-refractivity contribution < 1.29 is 4.74 Å². The van der Waals surface area contributed by atoms with Gasteiger partial charge in [0.1, 0.15) is 5.75 Å². The van der Waals surface area contributed by atoms with E-state index in [2.05, 4.69) is 32.4 Å². The minimum Gasteiger partial charge on any atom is -0.496 e. The Hall–Kier alpha value is -0.950. The number of methoxy groups -OCH3 is 1. The number of rotatable bonds is 5. The Bertz CT molecular complexity index is 559. The molecule has 1 heterocycles. The monoisotopic (exact) mass is 341 g/mol. The molecule has 0 saturated heterocycles. The summed E-state index contributed by atoms with van der Waals surface area (Å²) < 4.78 is 6.17. The fraction of sp³-hybridized carbons (Fsp3) is 0.308. The molecule has 3 N–H and O–H groups in total. The summed E-state index contributed by atoms with van der Waals surface area (Å²) in [5, 5.41) is 1.05. The minimum atomic E-state index is 0.0755. The highest BCUT2D eigenvalue weighted by atomic mass is 79.9. The van der Waals surface area contributed by atoms with Gasteiger partial charge in [-0.15, -0.1) is 11.3 Å². The second-order valence-electron chi connectivity index (χ2n) is 4.17. The lowest BCUT2D eigenvalue weighted by Crippen LogP contribution is -2.28. The van der Waals surface area contributed by atoms with Gasteiger partial charge in [-0.25, -0.2) is 4.98 Å². The molecule has 1 atom stereocenters. The molecule has 1 aromatic carbocycles. The number of hydrogen-bond acceptors (Lipinski definition) is 5. The van der Waals surface area contributed by atoms with Crippen molar-refractivity contribution in [1.29, 1.82) is 0 Å². The molecule has 19 heavy (non-hydrogen) atoms. The highest BCUT2D eigenvalue weighted by Gasteiger charge is 2.14. The predicted octanol–water partition coefficient (Wildman–Crippen LogP) is 2.97. The van der Waals surface area contributed by atoms with Crippen molar-refractivity contribution in [3.05, 3.63) is 44.3 Å². The van der Waals surface area contributed by atoms with Crippen LogP contribution in [0.4, 0.5) is 0 Å². The largest absolute Gasteiger partial charge is 0.496 e. The summed E-state index contributed by atoms with van der Waals surface area (Å²) in [6.07, 6.45) is 2.68. The van der Waals surface area contributed by atoms with Gasteiger partial charge in [0.15, 0.2) is 0 Å². The first-order valence-corrected chi connectivity index (χ1v) is 7.46. The van der Waals surface area contributed by atoms with Gasteiger partial charge in [0, 0.05) is 11.1 Å². The van der Waals surface area contributed by atoms with E-state index in [9.17, 15) is 0 Å². The molecule has 2 aromatic rings. The predicted molar refractivity (Wildman–Crippen MR) is 81.3 cm³/mol. The van der Waals surface area contributed by atoms with Crippen molar-refractivity contribution in [2.75, 3.05) is 7.11 Å². The molecule has 102 valence electrons. The number of halogens is 1. The molecular weight excluding hydrogens is 326 g/mol. The van der Waals surface area contributed by atoms with Crippen LogP contribution in [0.3, 0.4) is 0 Å². The maximum absolute atomic E-state index is 5.65. The summed E-state index contributed by atoms with van der Waals surface area (Å²) in [6, 6.07) is 6.12. The summed E-state index contributed by atoms with van der Waals surface area (Å²) >= 11 is 5.15. The topological polar surface area (TPSA) is 60.2 Å². The fourth-order valence-corrected chi connectivity index (χ4v) is 3.29. The summed E-state index contributed by atoms with van der Waals surface area (Å²) in [5.74, 6) is 6.48. The maximum atomic E-state index is 5.65. The third-order valence-electron chi connectivity index (χ3n) is 2.84. The van der Waals surface area contributed by atoms with Gasteiger partial charge in [-0.3, -0.25) is 11.3 Å². The molecule has 1 aromatic heterocycles. The Kier molecular flexibility index (Phi) is 4.93. The maximum Gasteiger partial charge on any atom is 0.133 e. The van der Waals surface area contributed by atoms with E-state index in [0.29, 0.717) is 0 Å². The van der Waals surface area contributed by atoms with Crippen LogP contribution in [0, 0.1) is 6.92 Å². The molecule has 0 bridgehead atoms. The van der Waals surface area contributed by atoms with Crippen LogP contribution < -0.4 is 16.0 Å². The van der Waals surface area contributed by atoms with Crippen LogP contribution in [0.15, 0.2) is 28.9 Å². The van der Waals surface area contributed by atoms with Gasteiger partial charge in [-0.1, -0.05) is 6.07 Å². The first kappa shape index (κ1) is 14.5. The van der Waals surface area contributed by atoms with E-state index in [0.717, 1.165) is 26.5 Å². The van der Waals surface area contributed by atoms with Crippen molar-refractivity contribution in [3.8, 4) is 5.75 Å². The molecule has 0 saturated carbocycles. The number of aryl methyl sites for hydroxylation is 1. The van der Waals surface area contributed by atoms with Gasteiger partial charge in [-0.2, -0.15) is 0 Å². The molecular formula is C13H16BrN3OS. The Morgan fingerprint density at radius 3 is 2.84 bits per heavy atom. The lowest BCUT2D eigenvalue weighted by atomic mass is 10.1. The summed E-state index contributed by atoms with van der Waals surface area (Å²) in [7, 11) is 1.66. The normalized spacial score (nSPS) is 12.4. The van der Waals surface area contributed by atoms with Crippen LogP contribution in [-0.2, 0) is 6.42 Å². The van der Waals surface area contributed by atoms with E-state index >= 15 is 0 Å². The van der Waals surface area contributed by atoms with Crippen molar-refractivity contribution >= 4 is 27.3 Å². The number of thiazole rings is 1. The van der Waals surface area contributed by atoms with Crippen molar-refractivity contribution in [2.24, 2.45) is 5.84 Å². The summed E-state index contributed by atoms with van der Waals surface area (Å²) in [6.45, 7) is 1.99. The Labute approximate surface area is 125 Å². The van der Waals surface area contributed by atoms with Gasteiger partial charge >= 0.3 is 0 Å². The zero-order valence-electron chi connectivity index (χ0n) is 10.8. The molecule has 0 spiro atoms.